The number of carbonyl (C=O) groups is 1. The van der Waals surface area contributed by atoms with Crippen LogP contribution in [0.1, 0.15) is 22.3 Å². The molecule has 0 N–H and O–H groups in total. The van der Waals surface area contributed by atoms with Crippen LogP contribution in [-0.2, 0) is 6.18 Å². The molecule has 2 aromatic rings. The summed E-state index contributed by atoms with van der Waals surface area (Å²) in [5.74, 6) is 0.196. The zero-order valence-corrected chi connectivity index (χ0v) is 12.7. The first-order valence-electron chi connectivity index (χ1n) is 7.48. The van der Waals surface area contributed by atoms with Crippen molar-refractivity contribution < 1.29 is 22.7 Å². The van der Waals surface area contributed by atoms with Crippen LogP contribution in [0.5, 0.6) is 5.88 Å². The second-order valence-electron chi connectivity index (χ2n) is 5.52. The van der Waals surface area contributed by atoms with Crippen molar-refractivity contribution in [3.8, 4) is 5.88 Å². The van der Waals surface area contributed by atoms with Gasteiger partial charge in [-0.1, -0.05) is 6.07 Å². The number of aromatic nitrogens is 1. The maximum Gasteiger partial charge on any atom is 0.416 e. The largest absolute Gasteiger partial charge is 0.472 e. The monoisotopic (exact) mass is 336 g/mol. The zero-order chi connectivity index (χ0) is 17.2. The highest BCUT2D eigenvalue weighted by Crippen LogP contribution is 2.29. The molecule has 4 nitrogen and oxygen atoms in total. The zero-order valence-electron chi connectivity index (χ0n) is 12.7. The van der Waals surface area contributed by atoms with E-state index in [2.05, 4.69) is 4.98 Å². The van der Waals surface area contributed by atoms with Crippen molar-refractivity contribution in [2.75, 3.05) is 13.1 Å². The SMILES string of the molecule is O=C(c1ccc(C(F)(F)F)cc1)N1CCC(Oc2ccccn2)C1. The number of nitrogens with zero attached hydrogens (tertiary/aromatic N) is 2. The number of rotatable bonds is 3. The average molecular weight is 336 g/mol. The van der Waals surface area contributed by atoms with E-state index in [1.807, 2.05) is 6.07 Å². The van der Waals surface area contributed by atoms with E-state index in [-0.39, 0.29) is 17.6 Å². The molecule has 0 aliphatic carbocycles. The van der Waals surface area contributed by atoms with Crippen LogP contribution in [0, 0.1) is 0 Å². The van der Waals surface area contributed by atoms with Crippen LogP contribution in [0.4, 0.5) is 13.2 Å². The van der Waals surface area contributed by atoms with Gasteiger partial charge < -0.3 is 9.64 Å². The third-order valence-electron chi connectivity index (χ3n) is 3.82. The third kappa shape index (κ3) is 3.67. The lowest BCUT2D eigenvalue weighted by molar-refractivity contribution is -0.137. The molecule has 1 fully saturated rings. The van der Waals surface area contributed by atoms with E-state index in [9.17, 15) is 18.0 Å². The van der Waals surface area contributed by atoms with Crippen molar-refractivity contribution in [2.24, 2.45) is 0 Å². The van der Waals surface area contributed by atoms with E-state index in [1.54, 1.807) is 23.2 Å². The minimum atomic E-state index is -4.41. The number of benzene rings is 1. The summed E-state index contributed by atoms with van der Waals surface area (Å²) in [5, 5.41) is 0. The van der Waals surface area contributed by atoms with Gasteiger partial charge >= 0.3 is 6.18 Å². The third-order valence-corrected chi connectivity index (χ3v) is 3.82. The van der Waals surface area contributed by atoms with Gasteiger partial charge in [0.25, 0.3) is 5.91 Å². The Bertz CT molecular complexity index is 702. The Balaban J connectivity index is 1.62. The Morgan fingerprint density at radius 2 is 1.92 bits per heavy atom. The molecule has 1 aliphatic rings. The number of pyridine rings is 1. The predicted octanol–water partition coefficient (Wildman–Crippen LogP) is 3.39. The molecule has 3 rings (SSSR count). The number of hydrogen-bond donors (Lipinski definition) is 0. The first-order valence-corrected chi connectivity index (χ1v) is 7.48. The van der Waals surface area contributed by atoms with Crippen LogP contribution in [0.2, 0.25) is 0 Å². The molecule has 1 saturated heterocycles. The Labute approximate surface area is 136 Å². The van der Waals surface area contributed by atoms with E-state index in [0.717, 1.165) is 12.1 Å². The molecule has 1 atom stereocenters. The number of hydrogen-bond acceptors (Lipinski definition) is 3. The van der Waals surface area contributed by atoms with Gasteiger partial charge in [-0.25, -0.2) is 4.98 Å². The Morgan fingerprint density at radius 3 is 2.54 bits per heavy atom. The molecule has 2 heterocycles. The van der Waals surface area contributed by atoms with Crippen molar-refractivity contribution in [3.63, 3.8) is 0 Å². The minimum Gasteiger partial charge on any atom is -0.472 e. The van der Waals surface area contributed by atoms with Crippen LogP contribution in [0.25, 0.3) is 0 Å². The van der Waals surface area contributed by atoms with Crippen LogP contribution >= 0.6 is 0 Å². The molecule has 0 radical (unpaired) electrons. The van der Waals surface area contributed by atoms with E-state index in [4.69, 9.17) is 4.74 Å². The normalized spacial score (nSPS) is 17.8. The van der Waals surface area contributed by atoms with E-state index in [1.165, 1.54) is 12.1 Å². The Hall–Kier alpha value is -2.57. The van der Waals surface area contributed by atoms with Crippen LogP contribution < -0.4 is 4.74 Å². The van der Waals surface area contributed by atoms with Crippen molar-refractivity contribution in [1.82, 2.24) is 9.88 Å². The summed E-state index contributed by atoms with van der Waals surface area (Å²) in [6.07, 6.45) is -2.30. The van der Waals surface area contributed by atoms with Crippen LogP contribution in [0.15, 0.2) is 48.7 Å². The van der Waals surface area contributed by atoms with Gasteiger partial charge in [-0.05, 0) is 30.3 Å². The van der Waals surface area contributed by atoms with Gasteiger partial charge in [-0.15, -0.1) is 0 Å². The second-order valence-corrected chi connectivity index (χ2v) is 5.52. The number of halogens is 3. The van der Waals surface area contributed by atoms with Gasteiger partial charge in [0, 0.05) is 30.8 Å². The van der Waals surface area contributed by atoms with Gasteiger partial charge in [-0.2, -0.15) is 13.2 Å². The van der Waals surface area contributed by atoms with Crippen LogP contribution in [-0.4, -0.2) is 35.0 Å². The first kappa shape index (κ1) is 16.3. The molecule has 0 bridgehead atoms. The molecule has 1 aromatic heterocycles. The summed E-state index contributed by atoms with van der Waals surface area (Å²) in [4.78, 5) is 18.0. The number of amides is 1. The molecular formula is C17H15F3N2O2. The summed E-state index contributed by atoms with van der Waals surface area (Å²) >= 11 is 0. The summed E-state index contributed by atoms with van der Waals surface area (Å²) in [6, 6.07) is 9.58. The van der Waals surface area contributed by atoms with Crippen LogP contribution in [0.3, 0.4) is 0 Å². The summed E-state index contributed by atoms with van der Waals surface area (Å²) in [7, 11) is 0. The summed E-state index contributed by atoms with van der Waals surface area (Å²) in [5.41, 5.74) is -0.529. The molecule has 0 spiro atoms. The smallest absolute Gasteiger partial charge is 0.416 e. The highest BCUT2D eigenvalue weighted by Gasteiger charge is 2.31. The van der Waals surface area contributed by atoms with Crippen molar-refractivity contribution in [1.29, 1.82) is 0 Å². The number of likely N-dealkylation sites (tertiary alicyclic amines) is 1. The predicted molar refractivity (Wildman–Crippen MR) is 80.6 cm³/mol. The van der Waals surface area contributed by atoms with E-state index >= 15 is 0 Å². The standard InChI is InChI=1S/C17H15F3N2O2/c18-17(19,20)13-6-4-12(5-7-13)16(23)22-10-8-14(11-22)24-15-3-1-2-9-21-15/h1-7,9,14H,8,10-11H2. The lowest BCUT2D eigenvalue weighted by Crippen LogP contribution is -2.31. The lowest BCUT2D eigenvalue weighted by atomic mass is 10.1. The Morgan fingerprint density at radius 1 is 1.17 bits per heavy atom. The molecule has 1 aliphatic heterocycles. The molecule has 7 heteroatoms. The van der Waals surface area contributed by atoms with Crippen molar-refractivity contribution >= 4 is 5.91 Å². The molecular weight excluding hydrogens is 321 g/mol. The van der Waals surface area contributed by atoms with Crippen molar-refractivity contribution in [2.45, 2.75) is 18.7 Å². The minimum absolute atomic E-state index is 0.168. The average Bonchev–Trinajstić information content (AvgIpc) is 3.03. The highest BCUT2D eigenvalue weighted by atomic mass is 19.4. The second kappa shape index (κ2) is 6.51. The highest BCUT2D eigenvalue weighted by molar-refractivity contribution is 5.94. The number of ether oxygens (including phenoxy) is 1. The molecule has 0 saturated carbocycles. The molecule has 126 valence electrons. The van der Waals surface area contributed by atoms with E-state index in [0.29, 0.717) is 25.4 Å². The maximum atomic E-state index is 12.6. The fraction of sp³-hybridized carbons (Fsp3) is 0.294. The molecule has 1 aromatic carbocycles. The maximum absolute atomic E-state index is 12.6. The van der Waals surface area contributed by atoms with Gasteiger partial charge in [0.15, 0.2) is 0 Å². The van der Waals surface area contributed by atoms with Gasteiger partial charge in [0.1, 0.15) is 6.10 Å². The summed E-state index contributed by atoms with van der Waals surface area (Å²) in [6.45, 7) is 0.883. The topological polar surface area (TPSA) is 42.4 Å². The van der Waals surface area contributed by atoms with E-state index < -0.39 is 11.7 Å². The fourth-order valence-electron chi connectivity index (χ4n) is 2.58. The number of alkyl halides is 3. The molecule has 1 amide bonds. The first-order chi connectivity index (χ1) is 11.4. The summed E-state index contributed by atoms with van der Waals surface area (Å²) < 4.78 is 43.4. The quantitative estimate of drug-likeness (QED) is 0.863. The van der Waals surface area contributed by atoms with Crippen molar-refractivity contribution in [3.05, 3.63) is 59.8 Å². The van der Waals surface area contributed by atoms with Gasteiger partial charge in [0.2, 0.25) is 5.88 Å². The number of carbonyl (C=O) groups excluding carboxylic acids is 1. The van der Waals surface area contributed by atoms with Gasteiger partial charge in [0.05, 0.1) is 12.1 Å². The Kier molecular flexibility index (Phi) is 4.42. The van der Waals surface area contributed by atoms with Gasteiger partial charge in [-0.3, -0.25) is 4.79 Å². The molecule has 24 heavy (non-hydrogen) atoms. The lowest BCUT2D eigenvalue weighted by Gasteiger charge is -2.17. The fourth-order valence-corrected chi connectivity index (χ4v) is 2.58. The molecule has 1 unspecified atom stereocenters.